The molecule has 2 aromatic carbocycles. The molecule has 1 fully saturated rings. The first-order chi connectivity index (χ1) is 17.3. The Hall–Kier alpha value is -2.76. The number of likely N-dealkylation sites (tertiary alicyclic amines) is 1. The summed E-state index contributed by atoms with van der Waals surface area (Å²) in [6, 6.07) is 13.8. The first-order valence-electron chi connectivity index (χ1n) is 12.3. The SMILES string of the molecule is CCc1cc(SC)ccc1NCC#Cc1cc2c(NC3CCN(C)CC3)cccc2n1CC(F)(F)F. The summed E-state index contributed by atoms with van der Waals surface area (Å²) in [6.07, 6.45) is 0.602. The molecule has 1 saturated heterocycles. The van der Waals surface area contributed by atoms with E-state index in [0.29, 0.717) is 23.8 Å². The van der Waals surface area contributed by atoms with Gasteiger partial charge in [0.15, 0.2) is 0 Å². The number of rotatable bonds is 7. The smallest absolute Gasteiger partial charge is 0.382 e. The molecule has 1 aliphatic rings. The third kappa shape index (κ3) is 6.51. The van der Waals surface area contributed by atoms with E-state index in [4.69, 9.17) is 0 Å². The van der Waals surface area contributed by atoms with Gasteiger partial charge in [0, 0.05) is 27.7 Å². The van der Waals surface area contributed by atoms with E-state index in [1.807, 2.05) is 24.5 Å². The van der Waals surface area contributed by atoms with Crippen LogP contribution in [0, 0.1) is 11.8 Å². The van der Waals surface area contributed by atoms with Gasteiger partial charge in [-0.25, -0.2) is 0 Å². The normalized spacial score (nSPS) is 15.1. The number of nitrogens with zero attached hydrogens (tertiary/aromatic N) is 2. The summed E-state index contributed by atoms with van der Waals surface area (Å²) in [5, 5.41) is 7.68. The molecule has 2 N–H and O–H groups in total. The van der Waals surface area contributed by atoms with Gasteiger partial charge in [0.2, 0.25) is 0 Å². The van der Waals surface area contributed by atoms with Gasteiger partial charge in [-0.2, -0.15) is 13.2 Å². The lowest BCUT2D eigenvalue weighted by molar-refractivity contribution is -0.140. The number of anilines is 2. The highest BCUT2D eigenvalue weighted by molar-refractivity contribution is 7.98. The maximum absolute atomic E-state index is 13.5. The van der Waals surface area contributed by atoms with Crippen LogP contribution in [0.25, 0.3) is 10.9 Å². The first kappa shape index (κ1) is 26.3. The van der Waals surface area contributed by atoms with Gasteiger partial charge < -0.3 is 20.1 Å². The zero-order chi connectivity index (χ0) is 25.7. The average Bonchev–Trinajstić information content (AvgIpc) is 3.20. The zero-order valence-electron chi connectivity index (χ0n) is 21.0. The largest absolute Gasteiger partial charge is 0.406 e. The average molecular weight is 515 g/mol. The Morgan fingerprint density at radius 3 is 2.56 bits per heavy atom. The Morgan fingerprint density at radius 1 is 1.08 bits per heavy atom. The molecule has 0 unspecified atom stereocenters. The summed E-state index contributed by atoms with van der Waals surface area (Å²) in [5.41, 5.74) is 3.98. The van der Waals surface area contributed by atoms with Crippen molar-refractivity contribution < 1.29 is 13.2 Å². The van der Waals surface area contributed by atoms with Gasteiger partial charge in [0.25, 0.3) is 0 Å². The number of hydrogen-bond donors (Lipinski definition) is 2. The van der Waals surface area contributed by atoms with Crippen molar-refractivity contribution in [3.05, 3.63) is 53.7 Å². The van der Waals surface area contributed by atoms with E-state index in [-0.39, 0.29) is 0 Å². The standard InChI is InChI=1S/C28H33F3N4S/c1-4-20-17-23(36-3)10-11-25(20)32-14-6-7-22-18-24-26(33-21-12-15-34(2)16-13-21)8-5-9-27(24)35(22)19-28(29,30)31/h5,8-11,17-18,21,32-33H,4,12-16,19H2,1-3H3. The maximum Gasteiger partial charge on any atom is 0.406 e. The van der Waals surface area contributed by atoms with Crippen molar-refractivity contribution in [3.8, 4) is 11.8 Å². The van der Waals surface area contributed by atoms with E-state index < -0.39 is 12.7 Å². The fourth-order valence-corrected chi connectivity index (χ4v) is 5.14. The highest BCUT2D eigenvalue weighted by atomic mass is 32.2. The predicted molar refractivity (Wildman–Crippen MR) is 145 cm³/mol. The van der Waals surface area contributed by atoms with Crippen LogP contribution < -0.4 is 10.6 Å². The molecular weight excluding hydrogens is 481 g/mol. The molecule has 0 amide bonds. The number of fused-ring (bicyclic) bond motifs is 1. The second-order valence-electron chi connectivity index (χ2n) is 9.22. The number of benzene rings is 2. The Kier molecular flexibility index (Phi) is 8.43. The first-order valence-corrected chi connectivity index (χ1v) is 13.5. The molecule has 8 heteroatoms. The van der Waals surface area contributed by atoms with Gasteiger partial charge in [-0.15, -0.1) is 11.8 Å². The van der Waals surface area contributed by atoms with Crippen LogP contribution in [0.15, 0.2) is 47.4 Å². The van der Waals surface area contributed by atoms with Crippen LogP contribution in [0.1, 0.15) is 31.0 Å². The van der Waals surface area contributed by atoms with Gasteiger partial charge in [0.1, 0.15) is 6.54 Å². The van der Waals surface area contributed by atoms with E-state index in [9.17, 15) is 13.2 Å². The number of halogens is 3. The lowest BCUT2D eigenvalue weighted by Crippen LogP contribution is -2.36. The second kappa shape index (κ2) is 11.5. The monoisotopic (exact) mass is 514 g/mol. The van der Waals surface area contributed by atoms with Gasteiger partial charge in [-0.05, 0) is 93.5 Å². The Labute approximate surface area is 215 Å². The maximum atomic E-state index is 13.5. The summed E-state index contributed by atoms with van der Waals surface area (Å²) in [4.78, 5) is 3.49. The van der Waals surface area contributed by atoms with Crippen LogP contribution in [0.2, 0.25) is 0 Å². The summed E-state index contributed by atoms with van der Waals surface area (Å²) in [7, 11) is 2.11. The predicted octanol–water partition coefficient (Wildman–Crippen LogP) is 6.46. The Bertz CT molecular complexity index is 1250. The fraction of sp³-hybridized carbons (Fsp3) is 0.429. The summed E-state index contributed by atoms with van der Waals surface area (Å²) in [6.45, 7) is 3.39. The van der Waals surface area contributed by atoms with Crippen molar-refractivity contribution >= 4 is 34.0 Å². The van der Waals surface area contributed by atoms with Crippen LogP contribution in [-0.2, 0) is 13.0 Å². The zero-order valence-corrected chi connectivity index (χ0v) is 21.8. The van der Waals surface area contributed by atoms with Crippen molar-refractivity contribution in [3.63, 3.8) is 0 Å². The molecule has 2 heterocycles. The molecule has 1 aromatic heterocycles. The highest BCUT2D eigenvalue weighted by Gasteiger charge is 2.30. The third-order valence-corrected chi connectivity index (χ3v) is 7.36. The van der Waals surface area contributed by atoms with E-state index >= 15 is 0 Å². The molecule has 4 nitrogen and oxygen atoms in total. The van der Waals surface area contributed by atoms with E-state index in [0.717, 1.165) is 49.1 Å². The topological polar surface area (TPSA) is 32.2 Å². The molecule has 0 atom stereocenters. The summed E-state index contributed by atoms with van der Waals surface area (Å²) < 4.78 is 41.7. The number of alkyl halides is 3. The number of aryl methyl sites for hydroxylation is 1. The Balaban J connectivity index is 1.59. The molecule has 0 radical (unpaired) electrons. The summed E-state index contributed by atoms with van der Waals surface area (Å²) >= 11 is 1.69. The number of aromatic nitrogens is 1. The highest BCUT2D eigenvalue weighted by Crippen LogP contribution is 2.31. The van der Waals surface area contributed by atoms with E-state index in [1.54, 1.807) is 23.9 Å². The third-order valence-electron chi connectivity index (χ3n) is 6.64. The van der Waals surface area contributed by atoms with Crippen molar-refractivity contribution in [1.29, 1.82) is 0 Å². The number of thioether (sulfide) groups is 1. The molecule has 36 heavy (non-hydrogen) atoms. The molecule has 0 bridgehead atoms. The van der Waals surface area contributed by atoms with Crippen molar-refractivity contribution in [2.45, 2.75) is 49.8 Å². The van der Waals surface area contributed by atoms with Crippen LogP contribution in [0.4, 0.5) is 24.5 Å². The minimum Gasteiger partial charge on any atom is -0.382 e. The van der Waals surface area contributed by atoms with Crippen molar-refractivity contribution in [2.24, 2.45) is 0 Å². The lowest BCUT2D eigenvalue weighted by Gasteiger charge is -2.30. The fourth-order valence-electron chi connectivity index (χ4n) is 4.67. The molecule has 4 rings (SSSR count). The lowest BCUT2D eigenvalue weighted by atomic mass is 10.0. The number of nitrogens with one attached hydrogen (secondary N) is 2. The minimum atomic E-state index is -4.34. The van der Waals surface area contributed by atoms with Gasteiger partial charge in [-0.3, -0.25) is 0 Å². The van der Waals surface area contributed by atoms with E-state index in [1.165, 1.54) is 15.0 Å². The summed E-state index contributed by atoms with van der Waals surface area (Å²) in [5.74, 6) is 6.05. The van der Waals surface area contributed by atoms with E-state index in [2.05, 4.69) is 53.5 Å². The van der Waals surface area contributed by atoms with Gasteiger partial charge in [0.05, 0.1) is 17.8 Å². The van der Waals surface area contributed by atoms with Gasteiger partial charge >= 0.3 is 6.18 Å². The molecule has 1 aliphatic heterocycles. The molecule has 0 spiro atoms. The second-order valence-corrected chi connectivity index (χ2v) is 10.1. The molecule has 0 aliphatic carbocycles. The number of hydrogen-bond acceptors (Lipinski definition) is 4. The number of piperidine rings is 1. The Morgan fingerprint density at radius 2 is 1.86 bits per heavy atom. The minimum absolute atomic E-state index is 0.307. The van der Waals surface area contributed by atoms with Crippen LogP contribution in [-0.4, -0.2) is 54.6 Å². The molecular formula is C28H33F3N4S. The molecule has 192 valence electrons. The van der Waals surface area contributed by atoms with Crippen molar-refractivity contribution in [2.75, 3.05) is 43.6 Å². The quantitative estimate of drug-likeness (QED) is 0.280. The van der Waals surface area contributed by atoms with Crippen LogP contribution in [0.5, 0.6) is 0 Å². The van der Waals surface area contributed by atoms with Crippen LogP contribution in [0.3, 0.4) is 0 Å². The van der Waals surface area contributed by atoms with Crippen LogP contribution >= 0.6 is 11.8 Å². The molecule has 0 saturated carbocycles. The van der Waals surface area contributed by atoms with Gasteiger partial charge in [-0.1, -0.05) is 18.9 Å². The molecule has 3 aromatic rings. The van der Waals surface area contributed by atoms with Crippen molar-refractivity contribution in [1.82, 2.24) is 9.47 Å².